The predicted molar refractivity (Wildman–Crippen MR) is 70.5 cm³/mol. The van der Waals surface area contributed by atoms with Crippen molar-refractivity contribution in [2.75, 3.05) is 11.5 Å². The van der Waals surface area contributed by atoms with Gasteiger partial charge in [-0.15, -0.1) is 0 Å². The van der Waals surface area contributed by atoms with Gasteiger partial charge in [0.25, 0.3) is 0 Å². The van der Waals surface area contributed by atoms with Crippen molar-refractivity contribution in [3.8, 4) is 0 Å². The lowest BCUT2D eigenvalue weighted by Gasteiger charge is -2.37. The van der Waals surface area contributed by atoms with Crippen molar-refractivity contribution in [2.24, 2.45) is 10.8 Å². The quantitative estimate of drug-likeness (QED) is 0.570. The first kappa shape index (κ1) is 12.3. The van der Waals surface area contributed by atoms with E-state index in [-0.39, 0.29) is 0 Å². The Labute approximate surface area is 92.4 Å². The average Bonchev–Trinajstić information content (AvgIpc) is 2.00. The van der Waals surface area contributed by atoms with Crippen LogP contribution in [0.3, 0.4) is 0 Å². The largest absolute Gasteiger partial charge is 0.192 e. The minimum atomic E-state index is 0.393. The molecule has 1 fully saturated rings. The summed E-state index contributed by atoms with van der Waals surface area (Å²) < 4.78 is 0. The Morgan fingerprint density at radius 3 is 2.36 bits per heavy atom. The van der Waals surface area contributed by atoms with Crippen molar-refractivity contribution in [3.63, 3.8) is 0 Å². The highest BCUT2D eigenvalue weighted by molar-refractivity contribution is 8.14. The van der Waals surface area contributed by atoms with Crippen LogP contribution in [0.1, 0.15) is 53.4 Å². The van der Waals surface area contributed by atoms with Gasteiger partial charge in [-0.25, -0.2) is 0 Å². The van der Waals surface area contributed by atoms with Gasteiger partial charge >= 0.3 is 0 Å². The van der Waals surface area contributed by atoms with Gasteiger partial charge in [0.05, 0.1) is 0 Å². The second kappa shape index (κ2) is 4.38. The van der Waals surface area contributed by atoms with E-state index in [2.05, 4.69) is 33.6 Å². The topological polar surface area (TPSA) is 0 Å². The van der Waals surface area contributed by atoms with Gasteiger partial charge in [-0.1, -0.05) is 40.0 Å². The fraction of sp³-hybridized carbons (Fsp3) is 0.923. The van der Waals surface area contributed by atoms with Gasteiger partial charge in [0.15, 0.2) is 0 Å². The molecule has 0 spiro atoms. The summed E-state index contributed by atoms with van der Waals surface area (Å²) in [5, 5.41) is 0. The maximum absolute atomic E-state index is 4.37. The van der Waals surface area contributed by atoms with Crippen LogP contribution in [0, 0.1) is 10.8 Å². The Morgan fingerprint density at radius 1 is 1.14 bits per heavy atom. The Bertz CT molecular complexity index is 217. The molecule has 0 radical (unpaired) electrons. The molecule has 2 unspecified atom stereocenters. The molecule has 0 aromatic heterocycles. The first-order valence-corrected chi connectivity index (χ1v) is 7.57. The zero-order chi connectivity index (χ0) is 10.8. The molecule has 1 aliphatic heterocycles. The zero-order valence-electron chi connectivity index (χ0n) is 10.4. The lowest BCUT2D eigenvalue weighted by molar-refractivity contribution is 0.272. The first-order valence-electron chi connectivity index (χ1n) is 5.84. The maximum Gasteiger partial charge on any atom is -0.00685 e. The third-order valence-electron chi connectivity index (χ3n) is 3.63. The van der Waals surface area contributed by atoms with Crippen molar-refractivity contribution in [1.82, 2.24) is 0 Å². The average molecular weight is 214 g/mol. The Balaban J connectivity index is 2.68. The summed E-state index contributed by atoms with van der Waals surface area (Å²) in [7, 11) is 0.393. The lowest BCUT2D eigenvalue weighted by Crippen LogP contribution is -2.27. The van der Waals surface area contributed by atoms with Crippen LogP contribution < -0.4 is 0 Å². The molecule has 0 saturated carbocycles. The molecule has 0 aromatic carbocycles. The molecule has 1 aliphatic rings. The fourth-order valence-corrected chi connectivity index (χ4v) is 5.20. The van der Waals surface area contributed by atoms with E-state index in [1.54, 1.807) is 0 Å². The molecule has 14 heavy (non-hydrogen) atoms. The summed E-state index contributed by atoms with van der Waals surface area (Å²) in [5.74, 6) is 7.06. The minimum absolute atomic E-state index is 0.393. The van der Waals surface area contributed by atoms with Gasteiger partial charge in [-0.3, -0.25) is 0 Å². The van der Waals surface area contributed by atoms with Crippen LogP contribution in [-0.4, -0.2) is 17.4 Å². The molecule has 0 aliphatic carbocycles. The highest BCUT2D eigenvalue weighted by Gasteiger charge is 2.29. The predicted octanol–water partition coefficient (Wildman–Crippen LogP) is 4.31. The van der Waals surface area contributed by atoms with Gasteiger partial charge in [-0.2, -0.15) is 10.5 Å². The normalized spacial score (nSPS) is 38.7. The molecule has 0 N–H and O–H groups in total. The van der Waals surface area contributed by atoms with E-state index in [4.69, 9.17) is 0 Å². The van der Waals surface area contributed by atoms with Crippen LogP contribution in [0.25, 0.3) is 0 Å². The zero-order valence-corrected chi connectivity index (χ0v) is 11.2. The van der Waals surface area contributed by atoms with Crippen LogP contribution in [0.2, 0.25) is 0 Å². The van der Waals surface area contributed by atoms with E-state index in [1.165, 1.54) is 37.2 Å². The smallest absolute Gasteiger partial charge is 0.00685 e. The maximum atomic E-state index is 4.37. The SMILES string of the molecule is C=S1CC(C)(C)CCCC(C)(CC)C1. The molecule has 0 amide bonds. The van der Waals surface area contributed by atoms with Crippen LogP contribution in [0.15, 0.2) is 0 Å². The number of hydrogen-bond acceptors (Lipinski definition) is 0. The van der Waals surface area contributed by atoms with Crippen molar-refractivity contribution < 1.29 is 0 Å². The van der Waals surface area contributed by atoms with E-state index < -0.39 is 0 Å². The van der Waals surface area contributed by atoms with Gasteiger partial charge in [0.1, 0.15) is 0 Å². The summed E-state index contributed by atoms with van der Waals surface area (Å²) in [5.41, 5.74) is 1.13. The van der Waals surface area contributed by atoms with Crippen LogP contribution in [0.4, 0.5) is 0 Å². The van der Waals surface area contributed by atoms with Crippen LogP contribution >= 0.6 is 10.5 Å². The van der Waals surface area contributed by atoms with Gasteiger partial charge in [0, 0.05) is 0 Å². The molecular weight excluding hydrogens is 188 g/mol. The summed E-state index contributed by atoms with van der Waals surface area (Å²) in [6.45, 7) is 9.61. The molecule has 0 bridgehead atoms. The highest BCUT2D eigenvalue weighted by atomic mass is 32.2. The standard InChI is InChI=1S/C13H26S/c1-6-13(4)9-7-8-12(2,3)10-14(5)11-13/h5-11H2,1-4H3. The fourth-order valence-electron chi connectivity index (χ4n) is 2.51. The lowest BCUT2D eigenvalue weighted by atomic mass is 9.80. The van der Waals surface area contributed by atoms with E-state index in [9.17, 15) is 0 Å². The Hall–Kier alpha value is 0.220. The summed E-state index contributed by atoms with van der Waals surface area (Å²) in [6, 6.07) is 0. The van der Waals surface area contributed by atoms with E-state index in [0.29, 0.717) is 21.3 Å². The van der Waals surface area contributed by atoms with E-state index in [0.717, 1.165) is 0 Å². The van der Waals surface area contributed by atoms with Gasteiger partial charge < -0.3 is 0 Å². The van der Waals surface area contributed by atoms with E-state index in [1.807, 2.05) is 0 Å². The second-order valence-corrected chi connectivity index (χ2v) is 7.89. The second-order valence-electron chi connectivity index (χ2n) is 6.08. The first-order chi connectivity index (χ1) is 6.37. The van der Waals surface area contributed by atoms with Gasteiger partial charge in [0.2, 0.25) is 0 Å². The molecule has 0 nitrogen and oxygen atoms in total. The molecule has 1 saturated heterocycles. The summed E-state index contributed by atoms with van der Waals surface area (Å²) in [6.07, 6.45) is 5.54. The van der Waals surface area contributed by atoms with Gasteiger partial charge in [-0.05, 0) is 41.6 Å². The number of hydrogen-bond donors (Lipinski definition) is 0. The Kier molecular flexibility index (Phi) is 3.85. The highest BCUT2D eigenvalue weighted by Crippen LogP contribution is 2.42. The number of rotatable bonds is 1. The van der Waals surface area contributed by atoms with Crippen LogP contribution in [0.5, 0.6) is 0 Å². The van der Waals surface area contributed by atoms with Crippen LogP contribution in [-0.2, 0) is 0 Å². The molecular formula is C13H26S. The molecule has 1 heterocycles. The van der Waals surface area contributed by atoms with Crippen molar-refractivity contribution >= 4 is 16.4 Å². The molecule has 84 valence electrons. The summed E-state index contributed by atoms with van der Waals surface area (Å²) in [4.78, 5) is 0. The molecule has 2 atom stereocenters. The molecule has 0 aromatic rings. The van der Waals surface area contributed by atoms with E-state index >= 15 is 0 Å². The molecule has 1 rings (SSSR count). The minimum Gasteiger partial charge on any atom is -0.192 e. The van der Waals surface area contributed by atoms with Crippen molar-refractivity contribution in [1.29, 1.82) is 0 Å². The van der Waals surface area contributed by atoms with Crippen molar-refractivity contribution in [2.45, 2.75) is 53.4 Å². The third-order valence-corrected chi connectivity index (χ3v) is 5.93. The van der Waals surface area contributed by atoms with Crippen molar-refractivity contribution in [3.05, 3.63) is 0 Å². The third kappa shape index (κ3) is 3.42. The molecule has 1 heteroatoms. The Morgan fingerprint density at radius 2 is 1.79 bits per heavy atom. The summed E-state index contributed by atoms with van der Waals surface area (Å²) >= 11 is 0. The monoisotopic (exact) mass is 214 g/mol.